The number of alkyl halides is 3. The fourth-order valence-electron chi connectivity index (χ4n) is 2.54. The Hall–Kier alpha value is -2.29. The molecule has 1 N–H and O–H groups in total. The van der Waals surface area contributed by atoms with Crippen LogP contribution < -0.4 is 9.47 Å². The molecule has 0 radical (unpaired) electrons. The molecule has 1 aliphatic rings. The van der Waals surface area contributed by atoms with Crippen LogP contribution in [0.2, 0.25) is 0 Å². The molecule has 1 heterocycles. The number of benzene rings is 1. The van der Waals surface area contributed by atoms with Gasteiger partial charge in [0.05, 0.1) is 20.6 Å². The summed E-state index contributed by atoms with van der Waals surface area (Å²) in [5.74, 6) is -0.188. The maximum Gasteiger partial charge on any atom is 0.438 e. The standard InChI is InChI=1S/C16H19F3N2O4/c1-4-11-9-15(23,16(17,18)19)21(20-11)14(22)8-10-5-6-12(24-2)13(7-10)25-3/h5-7,23H,4,8-9H2,1-3H3/t15-/m0/s1. The number of nitrogens with zero attached hydrogens (tertiary/aromatic N) is 2. The third-order valence-electron chi connectivity index (χ3n) is 3.94. The van der Waals surface area contributed by atoms with Gasteiger partial charge in [-0.15, -0.1) is 0 Å². The fraction of sp³-hybridized carbons (Fsp3) is 0.500. The van der Waals surface area contributed by atoms with Crippen LogP contribution in [0.5, 0.6) is 11.5 Å². The highest BCUT2D eigenvalue weighted by atomic mass is 19.4. The first-order chi connectivity index (χ1) is 11.7. The Morgan fingerprint density at radius 1 is 1.32 bits per heavy atom. The molecule has 1 amide bonds. The highest BCUT2D eigenvalue weighted by Gasteiger charge is 2.62. The van der Waals surface area contributed by atoms with Crippen molar-refractivity contribution >= 4 is 11.6 Å². The van der Waals surface area contributed by atoms with Crippen molar-refractivity contribution < 1.29 is 32.5 Å². The molecule has 1 atom stereocenters. The van der Waals surface area contributed by atoms with Crippen molar-refractivity contribution in [2.45, 2.75) is 38.1 Å². The number of carbonyl (C=O) groups excluding carboxylic acids is 1. The highest BCUT2D eigenvalue weighted by molar-refractivity contribution is 5.91. The molecular weight excluding hydrogens is 341 g/mol. The first-order valence-corrected chi connectivity index (χ1v) is 7.55. The molecule has 0 aromatic heterocycles. The number of methoxy groups -OCH3 is 2. The lowest BCUT2D eigenvalue weighted by Gasteiger charge is -2.32. The van der Waals surface area contributed by atoms with Gasteiger partial charge in [-0.25, -0.2) is 0 Å². The van der Waals surface area contributed by atoms with Crippen LogP contribution in [0.4, 0.5) is 13.2 Å². The predicted molar refractivity (Wildman–Crippen MR) is 83.4 cm³/mol. The normalized spacial score (nSPS) is 20.4. The van der Waals surface area contributed by atoms with Crippen LogP contribution in [0, 0.1) is 0 Å². The lowest BCUT2D eigenvalue weighted by Crippen LogP contribution is -2.57. The van der Waals surface area contributed by atoms with Crippen LogP contribution in [-0.4, -0.2) is 47.9 Å². The van der Waals surface area contributed by atoms with Gasteiger partial charge in [0.25, 0.3) is 5.72 Å². The van der Waals surface area contributed by atoms with Crippen molar-refractivity contribution in [2.75, 3.05) is 14.2 Å². The summed E-state index contributed by atoms with van der Waals surface area (Å²) in [5.41, 5.74) is -2.79. The molecule has 1 aromatic carbocycles. The van der Waals surface area contributed by atoms with Gasteiger partial charge in [0.15, 0.2) is 11.5 Å². The molecule has 1 aliphatic heterocycles. The van der Waals surface area contributed by atoms with E-state index in [1.54, 1.807) is 13.0 Å². The molecule has 0 fully saturated rings. The molecule has 25 heavy (non-hydrogen) atoms. The second-order valence-electron chi connectivity index (χ2n) is 5.58. The van der Waals surface area contributed by atoms with Crippen LogP contribution in [-0.2, 0) is 11.2 Å². The Balaban J connectivity index is 2.28. The first-order valence-electron chi connectivity index (χ1n) is 7.55. The van der Waals surface area contributed by atoms with Gasteiger partial charge in [-0.1, -0.05) is 13.0 Å². The van der Waals surface area contributed by atoms with Crippen molar-refractivity contribution in [3.8, 4) is 11.5 Å². The summed E-state index contributed by atoms with van der Waals surface area (Å²) in [6, 6.07) is 4.57. The largest absolute Gasteiger partial charge is 0.493 e. The smallest absolute Gasteiger partial charge is 0.438 e. The van der Waals surface area contributed by atoms with Gasteiger partial charge in [0.1, 0.15) is 0 Å². The number of hydrogen-bond acceptors (Lipinski definition) is 5. The van der Waals surface area contributed by atoms with E-state index in [0.29, 0.717) is 17.1 Å². The number of ether oxygens (including phenoxy) is 2. The molecule has 0 bridgehead atoms. The Labute approximate surface area is 142 Å². The van der Waals surface area contributed by atoms with Gasteiger partial charge in [0.2, 0.25) is 5.91 Å². The van der Waals surface area contributed by atoms with E-state index in [1.807, 2.05) is 0 Å². The topological polar surface area (TPSA) is 71.4 Å². The van der Waals surface area contributed by atoms with Crippen LogP contribution in [0.25, 0.3) is 0 Å². The zero-order valence-electron chi connectivity index (χ0n) is 14.1. The summed E-state index contributed by atoms with van der Waals surface area (Å²) in [6.45, 7) is 1.61. The van der Waals surface area contributed by atoms with Crippen molar-refractivity contribution in [3.63, 3.8) is 0 Å². The van der Waals surface area contributed by atoms with Crippen LogP contribution in [0.3, 0.4) is 0 Å². The summed E-state index contributed by atoms with van der Waals surface area (Å²) in [7, 11) is 2.85. The molecule has 0 aliphatic carbocycles. The number of hydrazone groups is 1. The van der Waals surface area contributed by atoms with Crippen molar-refractivity contribution in [1.29, 1.82) is 0 Å². The van der Waals surface area contributed by atoms with Gasteiger partial charge < -0.3 is 14.6 Å². The van der Waals surface area contributed by atoms with E-state index in [4.69, 9.17) is 9.47 Å². The van der Waals surface area contributed by atoms with Crippen LogP contribution >= 0.6 is 0 Å². The second-order valence-corrected chi connectivity index (χ2v) is 5.58. The maximum absolute atomic E-state index is 13.3. The zero-order chi connectivity index (χ0) is 18.8. The Morgan fingerprint density at radius 2 is 1.96 bits per heavy atom. The molecule has 0 unspecified atom stereocenters. The molecule has 138 valence electrons. The molecule has 2 rings (SSSR count). The quantitative estimate of drug-likeness (QED) is 0.876. The average Bonchev–Trinajstić information content (AvgIpc) is 2.93. The minimum Gasteiger partial charge on any atom is -0.493 e. The molecular formula is C16H19F3N2O4. The van der Waals surface area contributed by atoms with Gasteiger partial charge in [0, 0.05) is 12.1 Å². The fourth-order valence-corrected chi connectivity index (χ4v) is 2.54. The van der Waals surface area contributed by atoms with Crippen molar-refractivity contribution in [2.24, 2.45) is 5.10 Å². The third-order valence-corrected chi connectivity index (χ3v) is 3.94. The third kappa shape index (κ3) is 3.55. The van der Waals surface area contributed by atoms with E-state index in [9.17, 15) is 23.1 Å². The predicted octanol–water partition coefficient (Wildman–Crippen LogP) is 2.50. The molecule has 6 nitrogen and oxygen atoms in total. The molecule has 1 aromatic rings. The minimum atomic E-state index is -5.01. The van der Waals surface area contributed by atoms with Crippen LogP contribution in [0.1, 0.15) is 25.3 Å². The number of hydrogen-bond donors (Lipinski definition) is 1. The molecule has 9 heteroatoms. The van der Waals surface area contributed by atoms with Gasteiger partial charge in [-0.2, -0.15) is 23.3 Å². The maximum atomic E-state index is 13.3. The Kier molecular flexibility index (Phi) is 5.26. The van der Waals surface area contributed by atoms with E-state index >= 15 is 0 Å². The molecule has 0 spiro atoms. The highest BCUT2D eigenvalue weighted by Crippen LogP contribution is 2.41. The van der Waals surface area contributed by atoms with E-state index in [1.165, 1.54) is 26.4 Å². The number of carbonyl (C=O) groups is 1. The molecule has 0 saturated carbocycles. The van der Waals surface area contributed by atoms with Crippen LogP contribution in [0.15, 0.2) is 23.3 Å². The lowest BCUT2D eigenvalue weighted by molar-refractivity contribution is -0.302. The van der Waals surface area contributed by atoms with E-state index in [0.717, 1.165) is 0 Å². The summed E-state index contributed by atoms with van der Waals surface area (Å²) in [4.78, 5) is 12.4. The zero-order valence-corrected chi connectivity index (χ0v) is 14.1. The summed E-state index contributed by atoms with van der Waals surface area (Å²) >= 11 is 0. The number of aliphatic hydroxyl groups is 1. The number of amides is 1. The SMILES string of the molecule is CCC1=NN(C(=O)Cc2ccc(OC)c(OC)c2)[C@@](O)(C(F)(F)F)C1. The van der Waals surface area contributed by atoms with E-state index in [-0.39, 0.29) is 23.6 Å². The van der Waals surface area contributed by atoms with Gasteiger partial charge in [-0.05, 0) is 24.1 Å². The van der Waals surface area contributed by atoms with E-state index < -0.39 is 24.2 Å². The van der Waals surface area contributed by atoms with Gasteiger partial charge in [-0.3, -0.25) is 4.79 Å². The van der Waals surface area contributed by atoms with Crippen molar-refractivity contribution in [3.05, 3.63) is 23.8 Å². The molecule has 0 saturated heterocycles. The first kappa shape index (κ1) is 19.0. The minimum absolute atomic E-state index is 0.112. The Bertz CT molecular complexity index is 690. The van der Waals surface area contributed by atoms with E-state index in [2.05, 4.69) is 5.10 Å². The number of rotatable bonds is 5. The summed E-state index contributed by atoms with van der Waals surface area (Å²) < 4.78 is 50.0. The number of halogens is 3. The second kappa shape index (κ2) is 6.91. The summed E-state index contributed by atoms with van der Waals surface area (Å²) in [5, 5.41) is 13.9. The van der Waals surface area contributed by atoms with Gasteiger partial charge >= 0.3 is 6.18 Å². The average molecular weight is 360 g/mol. The summed E-state index contributed by atoms with van der Waals surface area (Å²) in [6.07, 6.45) is -5.93. The Morgan fingerprint density at radius 3 is 2.48 bits per heavy atom. The lowest BCUT2D eigenvalue weighted by atomic mass is 10.0. The monoisotopic (exact) mass is 360 g/mol. The van der Waals surface area contributed by atoms with Crippen molar-refractivity contribution in [1.82, 2.24) is 5.01 Å².